The van der Waals surface area contributed by atoms with Crippen molar-refractivity contribution in [2.75, 3.05) is 11.5 Å². The van der Waals surface area contributed by atoms with E-state index in [4.69, 9.17) is 5.84 Å². The van der Waals surface area contributed by atoms with E-state index in [2.05, 4.69) is 21.4 Å². The number of rotatable bonds is 4. The Morgan fingerprint density at radius 2 is 2.26 bits per heavy atom. The van der Waals surface area contributed by atoms with Crippen LogP contribution in [0.4, 0.5) is 4.39 Å². The number of nitrogens with two attached hydrogens (primary N) is 1. The number of benzene rings is 1. The van der Waals surface area contributed by atoms with Crippen LogP contribution in [0.2, 0.25) is 0 Å². The first-order valence-electron chi connectivity index (χ1n) is 6.02. The Bertz CT molecular complexity index is 565. The van der Waals surface area contributed by atoms with Crippen molar-refractivity contribution in [2.45, 2.75) is 18.9 Å². The first kappa shape index (κ1) is 14.9. The van der Waals surface area contributed by atoms with E-state index in [1.165, 1.54) is 6.07 Å². The van der Waals surface area contributed by atoms with Gasteiger partial charge in [0.05, 0.1) is 16.0 Å². The lowest BCUT2D eigenvalue weighted by atomic mass is 9.93. The Morgan fingerprint density at radius 3 is 2.84 bits per heavy atom. The molecule has 1 heterocycles. The Balaban J connectivity index is 2.14. The average molecular weight is 351 g/mol. The van der Waals surface area contributed by atoms with Gasteiger partial charge in [0.2, 0.25) is 0 Å². The molecule has 0 spiro atoms. The molecule has 2 rings (SSSR count). The molecule has 19 heavy (non-hydrogen) atoms. The summed E-state index contributed by atoms with van der Waals surface area (Å²) in [6.45, 7) is 0. The second-order valence-corrected chi connectivity index (χ2v) is 7.88. The SMILES string of the molecule is NNC(Cc1cccc(F)c1Br)C1CCS(=O)(=O)C1. The van der Waals surface area contributed by atoms with Crippen LogP contribution in [0.25, 0.3) is 0 Å². The molecule has 1 saturated heterocycles. The maximum atomic E-state index is 13.4. The molecule has 1 aliphatic heterocycles. The summed E-state index contributed by atoms with van der Waals surface area (Å²) >= 11 is 3.21. The zero-order chi connectivity index (χ0) is 14.0. The smallest absolute Gasteiger partial charge is 0.150 e. The Morgan fingerprint density at radius 1 is 1.53 bits per heavy atom. The minimum Gasteiger partial charge on any atom is -0.271 e. The fourth-order valence-corrected chi connectivity index (χ4v) is 4.75. The fourth-order valence-electron chi connectivity index (χ4n) is 2.45. The number of hydrogen-bond donors (Lipinski definition) is 2. The molecule has 1 aliphatic rings. The van der Waals surface area contributed by atoms with Crippen LogP contribution in [0.15, 0.2) is 22.7 Å². The Labute approximate surface area is 120 Å². The molecule has 7 heteroatoms. The lowest BCUT2D eigenvalue weighted by Crippen LogP contribution is -2.43. The van der Waals surface area contributed by atoms with Crippen molar-refractivity contribution in [1.29, 1.82) is 0 Å². The van der Waals surface area contributed by atoms with E-state index in [0.717, 1.165) is 5.56 Å². The van der Waals surface area contributed by atoms with Gasteiger partial charge >= 0.3 is 0 Å². The molecule has 1 aromatic rings. The van der Waals surface area contributed by atoms with Crippen LogP contribution < -0.4 is 11.3 Å². The van der Waals surface area contributed by atoms with Gasteiger partial charge in [-0.05, 0) is 46.3 Å². The number of sulfone groups is 1. The highest BCUT2D eigenvalue weighted by Crippen LogP contribution is 2.27. The van der Waals surface area contributed by atoms with Gasteiger partial charge in [0.15, 0.2) is 9.84 Å². The number of nitrogens with one attached hydrogen (secondary N) is 1. The zero-order valence-electron chi connectivity index (χ0n) is 10.3. The summed E-state index contributed by atoms with van der Waals surface area (Å²) in [4.78, 5) is 0. The number of hydrazine groups is 1. The van der Waals surface area contributed by atoms with Gasteiger partial charge in [-0.25, -0.2) is 12.8 Å². The van der Waals surface area contributed by atoms with Crippen molar-refractivity contribution in [3.05, 3.63) is 34.1 Å². The highest BCUT2D eigenvalue weighted by molar-refractivity contribution is 9.10. The second-order valence-electron chi connectivity index (χ2n) is 4.85. The molecule has 0 aliphatic carbocycles. The molecular weight excluding hydrogens is 335 g/mol. The van der Waals surface area contributed by atoms with Crippen molar-refractivity contribution in [2.24, 2.45) is 11.8 Å². The van der Waals surface area contributed by atoms with Crippen LogP contribution in [0.5, 0.6) is 0 Å². The quantitative estimate of drug-likeness (QED) is 0.635. The van der Waals surface area contributed by atoms with E-state index in [1.807, 2.05) is 0 Å². The Kier molecular flexibility index (Phi) is 4.60. The van der Waals surface area contributed by atoms with Gasteiger partial charge in [-0.15, -0.1) is 0 Å². The van der Waals surface area contributed by atoms with E-state index < -0.39 is 9.84 Å². The minimum atomic E-state index is -2.94. The van der Waals surface area contributed by atoms with Crippen LogP contribution in [0.1, 0.15) is 12.0 Å². The molecule has 0 amide bonds. The number of hydrogen-bond acceptors (Lipinski definition) is 4. The van der Waals surface area contributed by atoms with Crippen molar-refractivity contribution in [1.82, 2.24) is 5.43 Å². The van der Waals surface area contributed by atoms with Gasteiger partial charge in [-0.2, -0.15) is 0 Å². The van der Waals surface area contributed by atoms with Crippen molar-refractivity contribution in [3.8, 4) is 0 Å². The summed E-state index contributed by atoms with van der Waals surface area (Å²) in [5, 5.41) is 0. The molecule has 0 saturated carbocycles. The molecule has 2 unspecified atom stereocenters. The van der Waals surface area contributed by atoms with E-state index in [1.54, 1.807) is 12.1 Å². The highest BCUT2D eigenvalue weighted by Gasteiger charge is 2.33. The molecule has 1 aromatic carbocycles. The van der Waals surface area contributed by atoms with E-state index in [-0.39, 0.29) is 29.3 Å². The minimum absolute atomic E-state index is 0.0230. The predicted octanol–water partition coefficient (Wildman–Crippen LogP) is 1.40. The van der Waals surface area contributed by atoms with Gasteiger partial charge in [0.1, 0.15) is 5.82 Å². The van der Waals surface area contributed by atoms with Crippen molar-refractivity contribution >= 4 is 25.8 Å². The summed E-state index contributed by atoms with van der Waals surface area (Å²) in [5.74, 6) is 5.53. The molecule has 3 N–H and O–H groups in total. The average Bonchev–Trinajstić information content (AvgIpc) is 2.71. The van der Waals surface area contributed by atoms with Crippen molar-refractivity contribution < 1.29 is 12.8 Å². The molecule has 0 radical (unpaired) electrons. The monoisotopic (exact) mass is 350 g/mol. The van der Waals surface area contributed by atoms with E-state index in [9.17, 15) is 12.8 Å². The van der Waals surface area contributed by atoms with Crippen LogP contribution in [-0.4, -0.2) is 26.0 Å². The fraction of sp³-hybridized carbons (Fsp3) is 0.500. The molecule has 2 atom stereocenters. The van der Waals surface area contributed by atoms with Crippen LogP contribution in [0, 0.1) is 11.7 Å². The topological polar surface area (TPSA) is 72.2 Å². The third-order valence-corrected chi connectivity index (χ3v) is 6.20. The molecule has 4 nitrogen and oxygen atoms in total. The summed E-state index contributed by atoms with van der Waals surface area (Å²) in [6.07, 6.45) is 1.10. The highest BCUT2D eigenvalue weighted by atomic mass is 79.9. The van der Waals surface area contributed by atoms with Crippen LogP contribution >= 0.6 is 15.9 Å². The van der Waals surface area contributed by atoms with Gasteiger partial charge < -0.3 is 0 Å². The lowest BCUT2D eigenvalue weighted by molar-refractivity contribution is 0.384. The molecule has 106 valence electrons. The summed E-state index contributed by atoms with van der Waals surface area (Å²) in [5.41, 5.74) is 3.45. The van der Waals surface area contributed by atoms with E-state index >= 15 is 0 Å². The second kappa shape index (κ2) is 5.87. The van der Waals surface area contributed by atoms with Gasteiger partial charge in [-0.1, -0.05) is 12.1 Å². The zero-order valence-corrected chi connectivity index (χ0v) is 12.7. The molecule has 0 bridgehead atoms. The Hall–Kier alpha value is -0.500. The maximum Gasteiger partial charge on any atom is 0.150 e. The third-order valence-electron chi connectivity index (χ3n) is 3.52. The van der Waals surface area contributed by atoms with Crippen LogP contribution in [-0.2, 0) is 16.3 Å². The lowest BCUT2D eigenvalue weighted by Gasteiger charge is -2.22. The van der Waals surface area contributed by atoms with Gasteiger partial charge in [-0.3, -0.25) is 11.3 Å². The molecule has 1 fully saturated rings. The number of halogens is 2. The molecular formula is C12H16BrFN2O2S. The summed E-state index contributed by atoms with van der Waals surface area (Å²) in [6, 6.07) is 4.64. The summed E-state index contributed by atoms with van der Waals surface area (Å²) in [7, 11) is -2.94. The van der Waals surface area contributed by atoms with Crippen molar-refractivity contribution in [3.63, 3.8) is 0 Å². The normalized spacial score (nSPS) is 23.4. The first-order chi connectivity index (χ1) is 8.93. The van der Waals surface area contributed by atoms with E-state index in [0.29, 0.717) is 17.3 Å². The first-order valence-corrected chi connectivity index (χ1v) is 8.64. The summed E-state index contributed by atoms with van der Waals surface area (Å²) < 4.78 is 36.8. The van der Waals surface area contributed by atoms with Gasteiger partial charge in [0, 0.05) is 6.04 Å². The standard InChI is InChI=1S/C12H16BrFN2O2S/c13-12-8(2-1-3-10(12)14)6-11(16-15)9-4-5-19(17,18)7-9/h1-3,9,11,16H,4-7,15H2. The molecule has 0 aromatic heterocycles. The third kappa shape index (κ3) is 3.53. The van der Waals surface area contributed by atoms with Gasteiger partial charge in [0.25, 0.3) is 0 Å². The largest absolute Gasteiger partial charge is 0.271 e. The predicted molar refractivity (Wildman–Crippen MR) is 75.7 cm³/mol. The van der Waals surface area contributed by atoms with Crippen LogP contribution in [0.3, 0.4) is 0 Å². The maximum absolute atomic E-state index is 13.4.